The third-order valence-corrected chi connectivity index (χ3v) is 3.62. The molecule has 1 atom stereocenters. The molecule has 0 heterocycles. The first-order chi connectivity index (χ1) is 7.25. The summed E-state index contributed by atoms with van der Waals surface area (Å²) in [4.78, 5) is 0. The van der Waals surface area contributed by atoms with Crippen molar-refractivity contribution in [1.82, 2.24) is 0 Å². The van der Waals surface area contributed by atoms with Gasteiger partial charge in [0.25, 0.3) is 0 Å². The summed E-state index contributed by atoms with van der Waals surface area (Å²) in [5.74, 6) is 0.560. The lowest BCUT2D eigenvalue weighted by molar-refractivity contribution is 0.517. The summed E-state index contributed by atoms with van der Waals surface area (Å²) in [6, 6.07) is 3.82. The predicted molar refractivity (Wildman–Crippen MR) is 58.2 cm³/mol. The van der Waals surface area contributed by atoms with E-state index in [-0.39, 0.29) is 11.9 Å². The van der Waals surface area contributed by atoms with Gasteiger partial charge in [0.05, 0.1) is 0 Å². The molecular formula is C13H16FN. The summed E-state index contributed by atoms with van der Waals surface area (Å²) in [6.45, 7) is 0. The Morgan fingerprint density at radius 2 is 2.00 bits per heavy atom. The van der Waals surface area contributed by atoms with Crippen LogP contribution in [0.2, 0.25) is 0 Å². The average Bonchev–Trinajstić information content (AvgIpc) is 3.00. The second kappa shape index (κ2) is 3.31. The highest BCUT2D eigenvalue weighted by atomic mass is 19.1. The minimum absolute atomic E-state index is 0.0680. The molecule has 0 bridgehead atoms. The zero-order chi connectivity index (χ0) is 10.4. The van der Waals surface area contributed by atoms with E-state index in [0.717, 1.165) is 30.4 Å². The van der Waals surface area contributed by atoms with E-state index in [1.807, 2.05) is 0 Å². The molecule has 3 rings (SSSR count). The summed E-state index contributed by atoms with van der Waals surface area (Å²) in [7, 11) is 0. The maximum absolute atomic E-state index is 13.9. The van der Waals surface area contributed by atoms with Crippen LogP contribution in [0.15, 0.2) is 12.1 Å². The molecule has 2 aliphatic carbocycles. The lowest BCUT2D eigenvalue weighted by Gasteiger charge is -2.23. The second-order valence-electron chi connectivity index (χ2n) is 4.85. The standard InChI is InChI=1S/C13H16FN/c14-11-7-10(8-4-5-8)6-9-2-1-3-12(15)13(9)11/h6-8,12H,1-5,15H2. The second-order valence-corrected chi connectivity index (χ2v) is 4.85. The first kappa shape index (κ1) is 9.34. The summed E-state index contributed by atoms with van der Waals surface area (Å²) < 4.78 is 13.9. The van der Waals surface area contributed by atoms with E-state index in [1.54, 1.807) is 6.07 Å². The largest absolute Gasteiger partial charge is 0.324 e. The molecule has 1 aromatic carbocycles. The maximum atomic E-state index is 13.9. The smallest absolute Gasteiger partial charge is 0.128 e. The molecule has 0 spiro atoms. The Balaban J connectivity index is 2.08. The van der Waals surface area contributed by atoms with E-state index in [1.165, 1.54) is 18.4 Å². The third-order valence-electron chi connectivity index (χ3n) is 3.62. The zero-order valence-electron chi connectivity index (χ0n) is 8.80. The van der Waals surface area contributed by atoms with Gasteiger partial charge in [0, 0.05) is 11.6 Å². The van der Waals surface area contributed by atoms with E-state index in [2.05, 4.69) is 6.07 Å². The monoisotopic (exact) mass is 205 g/mol. The molecule has 1 fully saturated rings. The van der Waals surface area contributed by atoms with Gasteiger partial charge >= 0.3 is 0 Å². The number of benzene rings is 1. The fraction of sp³-hybridized carbons (Fsp3) is 0.538. The fourth-order valence-electron chi connectivity index (χ4n) is 2.63. The molecule has 0 radical (unpaired) electrons. The van der Waals surface area contributed by atoms with Crippen LogP contribution in [0.3, 0.4) is 0 Å². The molecule has 1 unspecified atom stereocenters. The minimum atomic E-state index is -0.0815. The fourth-order valence-corrected chi connectivity index (χ4v) is 2.63. The molecule has 2 heteroatoms. The molecule has 0 aliphatic heterocycles. The Bertz CT molecular complexity index is 396. The van der Waals surface area contributed by atoms with Gasteiger partial charge in [0.2, 0.25) is 0 Å². The first-order valence-electron chi connectivity index (χ1n) is 5.83. The molecule has 0 aromatic heterocycles. The molecule has 15 heavy (non-hydrogen) atoms. The number of aryl methyl sites for hydroxylation is 1. The normalized spacial score (nSPS) is 25.1. The Labute approximate surface area is 89.5 Å². The van der Waals surface area contributed by atoms with Crippen LogP contribution in [0.4, 0.5) is 4.39 Å². The molecular weight excluding hydrogens is 189 g/mol. The van der Waals surface area contributed by atoms with Crippen molar-refractivity contribution in [2.45, 2.75) is 44.1 Å². The first-order valence-corrected chi connectivity index (χ1v) is 5.83. The van der Waals surface area contributed by atoms with Crippen LogP contribution in [-0.4, -0.2) is 0 Å². The van der Waals surface area contributed by atoms with Crippen molar-refractivity contribution in [3.8, 4) is 0 Å². The predicted octanol–water partition coefficient (Wildman–Crippen LogP) is 3.04. The Morgan fingerprint density at radius 1 is 1.20 bits per heavy atom. The minimum Gasteiger partial charge on any atom is -0.324 e. The third kappa shape index (κ3) is 1.57. The highest BCUT2D eigenvalue weighted by Crippen LogP contribution is 2.42. The summed E-state index contributed by atoms with van der Waals surface area (Å²) in [5.41, 5.74) is 9.09. The summed E-state index contributed by atoms with van der Waals surface area (Å²) in [5, 5.41) is 0. The quantitative estimate of drug-likeness (QED) is 0.749. The number of fused-ring (bicyclic) bond motifs is 1. The van der Waals surface area contributed by atoms with Crippen LogP contribution in [0, 0.1) is 5.82 Å². The van der Waals surface area contributed by atoms with Gasteiger partial charge in [0.1, 0.15) is 5.82 Å². The van der Waals surface area contributed by atoms with E-state index in [4.69, 9.17) is 5.73 Å². The van der Waals surface area contributed by atoms with Crippen LogP contribution in [-0.2, 0) is 6.42 Å². The lowest BCUT2D eigenvalue weighted by atomic mass is 9.86. The van der Waals surface area contributed by atoms with Gasteiger partial charge in [-0.25, -0.2) is 4.39 Å². The van der Waals surface area contributed by atoms with Gasteiger partial charge in [-0.15, -0.1) is 0 Å². The highest BCUT2D eigenvalue weighted by molar-refractivity contribution is 5.39. The number of hydrogen-bond acceptors (Lipinski definition) is 1. The Kier molecular flexibility index (Phi) is 2.06. The average molecular weight is 205 g/mol. The lowest BCUT2D eigenvalue weighted by Crippen LogP contribution is -2.19. The SMILES string of the molecule is NC1CCCc2cc(C3CC3)cc(F)c21. The topological polar surface area (TPSA) is 26.0 Å². The van der Waals surface area contributed by atoms with Gasteiger partial charge in [-0.2, -0.15) is 0 Å². The molecule has 1 nitrogen and oxygen atoms in total. The van der Waals surface area contributed by atoms with Gasteiger partial charge < -0.3 is 5.73 Å². The molecule has 2 aliphatic rings. The van der Waals surface area contributed by atoms with E-state index < -0.39 is 0 Å². The molecule has 2 N–H and O–H groups in total. The van der Waals surface area contributed by atoms with Crippen molar-refractivity contribution in [1.29, 1.82) is 0 Å². The maximum Gasteiger partial charge on any atom is 0.128 e. The number of rotatable bonds is 1. The number of hydrogen-bond donors (Lipinski definition) is 1. The van der Waals surface area contributed by atoms with E-state index in [9.17, 15) is 4.39 Å². The summed E-state index contributed by atoms with van der Waals surface area (Å²) in [6.07, 6.45) is 5.48. The summed E-state index contributed by atoms with van der Waals surface area (Å²) >= 11 is 0. The number of halogens is 1. The van der Waals surface area contributed by atoms with Crippen LogP contribution in [0.5, 0.6) is 0 Å². The van der Waals surface area contributed by atoms with Gasteiger partial charge in [-0.3, -0.25) is 0 Å². The highest BCUT2D eigenvalue weighted by Gasteiger charge is 2.27. The molecule has 0 amide bonds. The van der Waals surface area contributed by atoms with Gasteiger partial charge in [-0.05, 0) is 55.2 Å². The van der Waals surface area contributed by atoms with Crippen LogP contribution in [0.1, 0.15) is 54.3 Å². The van der Waals surface area contributed by atoms with Crippen LogP contribution in [0.25, 0.3) is 0 Å². The van der Waals surface area contributed by atoms with Gasteiger partial charge in [-0.1, -0.05) is 6.07 Å². The van der Waals surface area contributed by atoms with Crippen molar-refractivity contribution in [3.05, 3.63) is 34.6 Å². The van der Waals surface area contributed by atoms with Crippen molar-refractivity contribution in [2.75, 3.05) is 0 Å². The van der Waals surface area contributed by atoms with E-state index in [0.29, 0.717) is 5.92 Å². The van der Waals surface area contributed by atoms with Crippen molar-refractivity contribution in [2.24, 2.45) is 5.73 Å². The molecule has 80 valence electrons. The number of nitrogens with two attached hydrogens (primary N) is 1. The molecule has 1 saturated carbocycles. The Hall–Kier alpha value is -0.890. The zero-order valence-corrected chi connectivity index (χ0v) is 8.80. The molecule has 1 aromatic rings. The van der Waals surface area contributed by atoms with E-state index >= 15 is 0 Å². The molecule has 0 saturated heterocycles. The van der Waals surface area contributed by atoms with Crippen LogP contribution < -0.4 is 5.73 Å². The van der Waals surface area contributed by atoms with Crippen molar-refractivity contribution < 1.29 is 4.39 Å². The van der Waals surface area contributed by atoms with Crippen LogP contribution >= 0.6 is 0 Å². The Morgan fingerprint density at radius 3 is 2.73 bits per heavy atom. The van der Waals surface area contributed by atoms with Gasteiger partial charge in [0.15, 0.2) is 0 Å². The van der Waals surface area contributed by atoms with Crippen molar-refractivity contribution >= 4 is 0 Å². The van der Waals surface area contributed by atoms with Crippen molar-refractivity contribution in [3.63, 3.8) is 0 Å².